The predicted molar refractivity (Wildman–Crippen MR) is 181 cm³/mol. The highest BCUT2D eigenvalue weighted by atomic mass is 32.2. The molecule has 2 fully saturated rings. The van der Waals surface area contributed by atoms with Crippen molar-refractivity contribution < 1.29 is 45.5 Å². The van der Waals surface area contributed by atoms with Crippen molar-refractivity contribution in [1.82, 2.24) is 5.32 Å². The number of halogens is 2. The minimum atomic E-state index is -2.79. The maximum atomic E-state index is 16.1. The zero-order chi connectivity index (χ0) is 35.2. The van der Waals surface area contributed by atoms with Gasteiger partial charge in [0.1, 0.15) is 29.8 Å². The molecule has 1 amide bonds. The molecule has 6 rings (SSSR count). The van der Waals surface area contributed by atoms with E-state index in [1.165, 1.54) is 44.5 Å². The number of benzene rings is 3. The Kier molecular flexibility index (Phi) is 9.75. The summed E-state index contributed by atoms with van der Waals surface area (Å²) >= 11 is -2.79. The van der Waals surface area contributed by atoms with E-state index in [-0.39, 0.29) is 48.2 Å². The smallest absolute Gasteiger partial charge is 0.498 e. The van der Waals surface area contributed by atoms with E-state index in [4.69, 9.17) is 23.2 Å². The van der Waals surface area contributed by atoms with Gasteiger partial charge in [-0.05, 0) is 99.5 Å². The first kappa shape index (κ1) is 35.2. The van der Waals surface area contributed by atoms with Gasteiger partial charge < -0.3 is 33.1 Å². The summed E-state index contributed by atoms with van der Waals surface area (Å²) in [4.78, 5) is 13.1. The lowest BCUT2D eigenvalue weighted by Crippen LogP contribution is -2.41. The number of nitrogens with one attached hydrogen (secondary N) is 1. The van der Waals surface area contributed by atoms with Gasteiger partial charge in [-0.15, -0.1) is 0 Å². The van der Waals surface area contributed by atoms with Crippen LogP contribution in [0.5, 0.6) is 0 Å². The average molecular weight is 696 g/mol. The molecular formula is C35H38BF2N2O8S-. The van der Waals surface area contributed by atoms with Crippen molar-refractivity contribution >= 4 is 46.4 Å². The van der Waals surface area contributed by atoms with Crippen LogP contribution in [0.2, 0.25) is 0 Å². The Hall–Kier alpha value is -3.66. The number of furan rings is 1. The van der Waals surface area contributed by atoms with Crippen molar-refractivity contribution in [2.45, 2.75) is 70.8 Å². The van der Waals surface area contributed by atoms with E-state index in [1.54, 1.807) is 18.2 Å². The van der Waals surface area contributed by atoms with Crippen LogP contribution in [0.1, 0.15) is 73.5 Å². The molecule has 3 aromatic carbocycles. The Balaban J connectivity index is 1.43. The SMILES string of the molecule is CNC(=O)c1c(-c2ccc(F)cc2)oc2cc(N(Cc3cc(F)c(B4OC(C)(C)C(C)(C)O4)c(COCOC)c3)S(=O)[O-])c(C3CC3)cc12. The van der Waals surface area contributed by atoms with Gasteiger partial charge in [-0.3, -0.25) is 13.3 Å². The van der Waals surface area contributed by atoms with Crippen LogP contribution in [0.25, 0.3) is 22.3 Å². The first-order valence-electron chi connectivity index (χ1n) is 15.9. The summed E-state index contributed by atoms with van der Waals surface area (Å²) in [7, 11) is 1.96. The monoisotopic (exact) mass is 695 g/mol. The summed E-state index contributed by atoms with van der Waals surface area (Å²) < 4.78 is 86.0. The molecule has 1 N–H and O–H groups in total. The zero-order valence-electron chi connectivity index (χ0n) is 28.2. The number of anilines is 1. The Morgan fingerprint density at radius 3 is 2.35 bits per heavy atom. The van der Waals surface area contributed by atoms with E-state index >= 15 is 4.39 Å². The van der Waals surface area contributed by atoms with Crippen LogP contribution in [0.4, 0.5) is 14.5 Å². The molecule has 1 aliphatic carbocycles. The van der Waals surface area contributed by atoms with E-state index in [0.29, 0.717) is 33.3 Å². The molecule has 4 aromatic rings. The maximum Gasteiger partial charge on any atom is 0.498 e. The number of methoxy groups -OCH3 is 1. The van der Waals surface area contributed by atoms with Gasteiger partial charge in [0.15, 0.2) is 0 Å². The van der Waals surface area contributed by atoms with Crippen LogP contribution in [-0.2, 0) is 43.2 Å². The fraction of sp³-hybridized carbons (Fsp3) is 0.400. The molecule has 1 aromatic heterocycles. The molecule has 1 saturated heterocycles. The second-order valence-corrected chi connectivity index (χ2v) is 14.2. The number of carbonyl (C=O) groups is 1. The van der Waals surface area contributed by atoms with Gasteiger partial charge >= 0.3 is 7.12 Å². The second-order valence-electron chi connectivity index (χ2n) is 13.3. The Bertz CT molecular complexity index is 1900. The van der Waals surface area contributed by atoms with Crippen LogP contribution < -0.4 is 15.1 Å². The van der Waals surface area contributed by atoms with Crippen molar-refractivity contribution in [3.8, 4) is 11.3 Å². The maximum absolute atomic E-state index is 16.1. The second kappa shape index (κ2) is 13.6. The third-order valence-electron chi connectivity index (χ3n) is 9.41. The number of carbonyl (C=O) groups excluding carboxylic acids is 1. The summed E-state index contributed by atoms with van der Waals surface area (Å²) in [5.41, 5.74) is 1.57. The molecule has 1 atom stereocenters. The van der Waals surface area contributed by atoms with Gasteiger partial charge in [0.05, 0.1) is 35.6 Å². The molecule has 1 aliphatic heterocycles. The minimum Gasteiger partial charge on any atom is -0.755 e. The summed E-state index contributed by atoms with van der Waals surface area (Å²) in [6.45, 7) is 7.18. The zero-order valence-corrected chi connectivity index (χ0v) is 29.0. The number of hydrogen-bond donors (Lipinski definition) is 1. The Morgan fingerprint density at radius 2 is 1.76 bits per heavy atom. The number of fused-ring (bicyclic) bond motifs is 1. The number of rotatable bonds is 12. The molecule has 10 nitrogen and oxygen atoms in total. The van der Waals surface area contributed by atoms with Crippen LogP contribution in [-0.4, -0.2) is 53.9 Å². The molecule has 260 valence electrons. The van der Waals surface area contributed by atoms with E-state index in [2.05, 4.69) is 5.32 Å². The van der Waals surface area contributed by atoms with Gasteiger partial charge in [-0.25, -0.2) is 8.78 Å². The number of ether oxygens (including phenoxy) is 2. The normalized spacial score (nSPS) is 17.4. The topological polar surface area (TPSA) is 123 Å². The van der Waals surface area contributed by atoms with E-state index in [0.717, 1.165) is 17.1 Å². The molecule has 1 unspecified atom stereocenters. The van der Waals surface area contributed by atoms with Crippen molar-refractivity contribution in [2.75, 3.05) is 25.3 Å². The molecule has 0 bridgehead atoms. The highest BCUT2D eigenvalue weighted by molar-refractivity contribution is 7.80. The van der Waals surface area contributed by atoms with Crippen LogP contribution in [0.3, 0.4) is 0 Å². The Morgan fingerprint density at radius 1 is 1.08 bits per heavy atom. The third kappa shape index (κ3) is 6.90. The molecule has 2 aliphatic rings. The van der Waals surface area contributed by atoms with Crippen molar-refractivity contribution in [3.63, 3.8) is 0 Å². The highest BCUT2D eigenvalue weighted by Crippen LogP contribution is 2.48. The van der Waals surface area contributed by atoms with E-state index in [1.807, 2.05) is 27.7 Å². The van der Waals surface area contributed by atoms with Gasteiger partial charge in [0.2, 0.25) is 0 Å². The van der Waals surface area contributed by atoms with Crippen molar-refractivity contribution in [3.05, 3.63) is 82.4 Å². The molecule has 14 heteroatoms. The summed E-state index contributed by atoms with van der Waals surface area (Å²) in [6.07, 6.45) is 1.66. The lowest BCUT2D eigenvalue weighted by molar-refractivity contribution is -0.0389. The van der Waals surface area contributed by atoms with Gasteiger partial charge in [-0.1, -0.05) is 6.07 Å². The van der Waals surface area contributed by atoms with Crippen molar-refractivity contribution in [1.29, 1.82) is 0 Å². The molecule has 0 radical (unpaired) electrons. The number of hydrogen-bond acceptors (Lipinski definition) is 8. The quantitative estimate of drug-likeness (QED) is 0.0850. The first-order chi connectivity index (χ1) is 23.2. The van der Waals surface area contributed by atoms with E-state index in [9.17, 15) is 17.9 Å². The summed E-state index contributed by atoms with van der Waals surface area (Å²) in [5, 5.41) is 3.14. The molecule has 49 heavy (non-hydrogen) atoms. The molecule has 1 saturated carbocycles. The van der Waals surface area contributed by atoms with Gasteiger partial charge in [-0.2, -0.15) is 0 Å². The molecule has 2 heterocycles. The Labute approximate surface area is 286 Å². The first-order valence-corrected chi connectivity index (χ1v) is 17.0. The summed E-state index contributed by atoms with van der Waals surface area (Å²) in [6, 6.07) is 11.9. The lowest BCUT2D eigenvalue weighted by atomic mass is 9.75. The van der Waals surface area contributed by atoms with Crippen LogP contribution in [0.15, 0.2) is 52.9 Å². The average Bonchev–Trinajstić information content (AvgIpc) is 3.78. The fourth-order valence-electron chi connectivity index (χ4n) is 6.03. The molecule has 0 spiro atoms. The minimum absolute atomic E-state index is 0.0431. The van der Waals surface area contributed by atoms with Crippen LogP contribution in [0, 0.1) is 11.6 Å². The molecular weight excluding hydrogens is 657 g/mol. The highest BCUT2D eigenvalue weighted by Gasteiger charge is 2.53. The predicted octanol–water partition coefficient (Wildman–Crippen LogP) is 5.84. The number of amides is 1. The third-order valence-corrected chi connectivity index (χ3v) is 10.1. The summed E-state index contributed by atoms with van der Waals surface area (Å²) in [5.74, 6) is -1.21. The fourth-order valence-corrected chi connectivity index (χ4v) is 6.61. The number of nitrogens with zero attached hydrogens (tertiary/aromatic N) is 1. The van der Waals surface area contributed by atoms with Gasteiger partial charge in [0, 0.05) is 47.9 Å². The van der Waals surface area contributed by atoms with Crippen molar-refractivity contribution in [2.24, 2.45) is 0 Å². The van der Waals surface area contributed by atoms with Crippen LogP contribution >= 0.6 is 0 Å². The largest absolute Gasteiger partial charge is 0.755 e. The van der Waals surface area contributed by atoms with E-state index < -0.39 is 47.1 Å². The van der Waals surface area contributed by atoms with Gasteiger partial charge in [0.25, 0.3) is 5.91 Å². The lowest BCUT2D eigenvalue weighted by Gasteiger charge is -2.32. The standard InChI is InChI=1S/C35H39BF2N2O8S/c1-34(2)35(3,4)48-36(47-34)31-23(18-45-19-44-6)13-20(14-27(31)38)17-40(49(42)43)28-16-29-26(15-25(28)21-7-8-21)30(33(41)39-5)32(46-29)22-9-11-24(37)12-10-22/h9-16,21H,7-8,17-19H2,1-6H3,(H,39,41)(H,42,43)/p-1.